The topological polar surface area (TPSA) is 95.9 Å². The number of esters is 1. The average Bonchev–Trinajstić information content (AvgIpc) is 3.28. The van der Waals surface area contributed by atoms with Gasteiger partial charge in [-0.2, -0.15) is 0 Å². The fraction of sp³-hybridized carbons (Fsp3) is 0.860. The van der Waals surface area contributed by atoms with Crippen LogP contribution in [0.5, 0.6) is 0 Å². The number of hydrogen-bond acceptors (Lipinski definition) is 5. The molecule has 0 saturated heterocycles. The van der Waals surface area contributed by atoms with Crippen LogP contribution in [-0.2, 0) is 14.3 Å². The molecule has 0 aromatic rings. The monoisotopic (exact) mass is 886 g/mol. The van der Waals surface area contributed by atoms with Crippen LogP contribution in [0.4, 0.5) is 0 Å². The van der Waals surface area contributed by atoms with E-state index in [-0.39, 0.29) is 18.5 Å². The zero-order chi connectivity index (χ0) is 45.8. The molecule has 0 fully saturated rings. The van der Waals surface area contributed by atoms with Crippen LogP contribution < -0.4 is 5.32 Å². The smallest absolute Gasteiger partial charge is 0.305 e. The Hall–Kier alpha value is -1.92. The highest BCUT2D eigenvalue weighted by Gasteiger charge is 2.18. The zero-order valence-corrected chi connectivity index (χ0v) is 42.1. The van der Waals surface area contributed by atoms with E-state index in [2.05, 4.69) is 43.5 Å². The number of aliphatic hydroxyl groups is 2. The molecule has 3 N–H and O–H groups in total. The number of amides is 1. The summed E-state index contributed by atoms with van der Waals surface area (Å²) in [7, 11) is 0. The molecule has 6 heteroatoms. The summed E-state index contributed by atoms with van der Waals surface area (Å²) < 4.78 is 5.46. The van der Waals surface area contributed by atoms with Crippen LogP contribution in [0, 0.1) is 0 Å². The Balaban J connectivity index is 3.44. The Kier molecular flexibility index (Phi) is 51.1. The van der Waals surface area contributed by atoms with Crippen LogP contribution >= 0.6 is 0 Å². The quantitative estimate of drug-likeness (QED) is 0.0321. The molecule has 0 rings (SSSR count). The molecule has 0 radical (unpaired) electrons. The van der Waals surface area contributed by atoms with Crippen LogP contribution in [0.25, 0.3) is 0 Å². The SMILES string of the molecule is CCCCC/C=C\CCCCCCCC(=O)OCCCCCCCCCCCCC/C=C\CCCCCCCCCC(=O)NC(CO)C(O)/C=C/CCCCCCCCCCCC. The van der Waals surface area contributed by atoms with Crippen molar-refractivity contribution < 1.29 is 24.5 Å². The zero-order valence-electron chi connectivity index (χ0n) is 42.1. The normalized spacial score (nSPS) is 12.9. The second-order valence-electron chi connectivity index (χ2n) is 18.9. The number of carbonyl (C=O) groups is 2. The molecule has 0 saturated carbocycles. The van der Waals surface area contributed by atoms with Gasteiger partial charge in [0, 0.05) is 12.8 Å². The molecule has 0 aromatic carbocycles. The third kappa shape index (κ3) is 49.4. The van der Waals surface area contributed by atoms with E-state index < -0.39 is 12.1 Å². The minimum absolute atomic E-state index is 0.00128. The molecule has 0 aliphatic rings. The molecule has 0 bridgehead atoms. The molecule has 0 aromatic heterocycles. The highest BCUT2D eigenvalue weighted by molar-refractivity contribution is 5.76. The highest BCUT2D eigenvalue weighted by Crippen LogP contribution is 2.15. The van der Waals surface area contributed by atoms with Crippen molar-refractivity contribution in [3.8, 4) is 0 Å². The van der Waals surface area contributed by atoms with Crippen molar-refractivity contribution in [1.82, 2.24) is 5.32 Å². The van der Waals surface area contributed by atoms with Crippen molar-refractivity contribution in [1.29, 1.82) is 0 Å². The van der Waals surface area contributed by atoms with Gasteiger partial charge in [0.25, 0.3) is 0 Å². The molecule has 0 spiro atoms. The first-order valence-electron chi connectivity index (χ1n) is 27.8. The summed E-state index contributed by atoms with van der Waals surface area (Å²) in [6.45, 7) is 4.86. The highest BCUT2D eigenvalue weighted by atomic mass is 16.5. The summed E-state index contributed by atoms with van der Waals surface area (Å²) >= 11 is 0. The Morgan fingerprint density at radius 3 is 1.16 bits per heavy atom. The lowest BCUT2D eigenvalue weighted by molar-refractivity contribution is -0.143. The number of hydrogen-bond donors (Lipinski definition) is 3. The molecule has 0 aliphatic heterocycles. The van der Waals surface area contributed by atoms with E-state index in [0.717, 1.165) is 51.4 Å². The number of aliphatic hydroxyl groups excluding tert-OH is 2. The van der Waals surface area contributed by atoms with Gasteiger partial charge in [0.1, 0.15) is 0 Å². The third-order valence-electron chi connectivity index (χ3n) is 12.6. The van der Waals surface area contributed by atoms with E-state index in [4.69, 9.17) is 4.74 Å². The number of nitrogens with one attached hydrogen (secondary N) is 1. The first-order valence-corrected chi connectivity index (χ1v) is 27.8. The minimum atomic E-state index is -0.847. The molecular weight excluding hydrogens is 779 g/mol. The fourth-order valence-electron chi connectivity index (χ4n) is 8.33. The van der Waals surface area contributed by atoms with Gasteiger partial charge in [-0.25, -0.2) is 0 Å². The second kappa shape index (κ2) is 52.7. The maximum atomic E-state index is 12.4. The van der Waals surface area contributed by atoms with E-state index in [1.165, 1.54) is 212 Å². The molecule has 2 unspecified atom stereocenters. The van der Waals surface area contributed by atoms with E-state index in [9.17, 15) is 19.8 Å². The van der Waals surface area contributed by atoms with Gasteiger partial charge < -0.3 is 20.3 Å². The first-order chi connectivity index (χ1) is 31.0. The minimum Gasteiger partial charge on any atom is -0.466 e. The van der Waals surface area contributed by atoms with Gasteiger partial charge in [0.2, 0.25) is 5.91 Å². The Morgan fingerprint density at radius 1 is 0.429 bits per heavy atom. The molecule has 1 amide bonds. The maximum absolute atomic E-state index is 12.4. The summed E-state index contributed by atoms with van der Waals surface area (Å²) in [5, 5.41) is 23.0. The van der Waals surface area contributed by atoms with Crippen molar-refractivity contribution in [3.05, 3.63) is 36.5 Å². The number of carbonyl (C=O) groups excluding carboxylic acids is 2. The molecular formula is C57H107NO5. The molecule has 2 atom stereocenters. The van der Waals surface area contributed by atoms with Crippen LogP contribution in [-0.4, -0.2) is 47.4 Å². The lowest BCUT2D eigenvalue weighted by atomic mass is 10.0. The summed E-state index contributed by atoms with van der Waals surface area (Å²) in [5.74, 6) is -0.0774. The van der Waals surface area contributed by atoms with Gasteiger partial charge in [0.05, 0.1) is 25.4 Å². The summed E-state index contributed by atoms with van der Waals surface area (Å²) in [6, 6.07) is -0.632. The van der Waals surface area contributed by atoms with Gasteiger partial charge in [-0.05, 0) is 83.5 Å². The van der Waals surface area contributed by atoms with Gasteiger partial charge in [0.15, 0.2) is 0 Å². The van der Waals surface area contributed by atoms with Crippen molar-refractivity contribution in [3.63, 3.8) is 0 Å². The van der Waals surface area contributed by atoms with Gasteiger partial charge >= 0.3 is 5.97 Å². The molecule has 0 heterocycles. The summed E-state index contributed by atoms with van der Waals surface area (Å²) in [4.78, 5) is 24.4. The maximum Gasteiger partial charge on any atom is 0.305 e. The Labute approximate surface area is 392 Å². The van der Waals surface area contributed by atoms with Gasteiger partial charge in [-0.1, -0.05) is 230 Å². The van der Waals surface area contributed by atoms with E-state index in [1.807, 2.05) is 6.08 Å². The van der Waals surface area contributed by atoms with Crippen molar-refractivity contribution in [2.75, 3.05) is 13.2 Å². The number of unbranched alkanes of at least 4 members (excludes halogenated alkanes) is 36. The van der Waals surface area contributed by atoms with Crippen LogP contribution in [0.2, 0.25) is 0 Å². The summed E-state index contributed by atoms with van der Waals surface area (Å²) in [5.41, 5.74) is 0. The number of rotatable bonds is 51. The lowest BCUT2D eigenvalue weighted by Crippen LogP contribution is -2.45. The van der Waals surface area contributed by atoms with Crippen molar-refractivity contribution in [2.45, 2.75) is 302 Å². The molecule has 63 heavy (non-hydrogen) atoms. The molecule has 0 aliphatic carbocycles. The van der Waals surface area contributed by atoms with E-state index in [0.29, 0.717) is 19.4 Å². The van der Waals surface area contributed by atoms with Gasteiger partial charge in [-0.3, -0.25) is 9.59 Å². The fourth-order valence-corrected chi connectivity index (χ4v) is 8.33. The Bertz CT molecular complexity index is 1020. The number of ether oxygens (including phenoxy) is 1. The lowest BCUT2D eigenvalue weighted by Gasteiger charge is -2.20. The first kappa shape index (κ1) is 61.1. The molecule has 6 nitrogen and oxygen atoms in total. The average molecular weight is 886 g/mol. The predicted octanol–water partition coefficient (Wildman–Crippen LogP) is 16.9. The number of allylic oxidation sites excluding steroid dienone is 5. The van der Waals surface area contributed by atoms with E-state index >= 15 is 0 Å². The van der Waals surface area contributed by atoms with Crippen molar-refractivity contribution in [2.24, 2.45) is 0 Å². The second-order valence-corrected chi connectivity index (χ2v) is 18.9. The molecule has 370 valence electrons. The predicted molar refractivity (Wildman–Crippen MR) is 273 cm³/mol. The van der Waals surface area contributed by atoms with Crippen LogP contribution in [0.15, 0.2) is 36.5 Å². The van der Waals surface area contributed by atoms with Gasteiger partial charge in [-0.15, -0.1) is 0 Å². The standard InChI is InChI=1S/C57H107NO5/c1-3-5-7-9-11-13-15-29-33-37-41-45-49-55(60)54(53-59)58-56(61)50-46-42-38-34-30-27-25-23-21-19-17-18-20-22-24-26-28-32-36-40-44-48-52-63-57(62)51-47-43-39-35-31-16-14-12-10-8-6-4-2/h12,14,19,21,45,49,54-55,59-60H,3-11,13,15-18,20,22-44,46-48,50-53H2,1-2H3,(H,58,61)/b14-12-,21-19-,49-45+. The Morgan fingerprint density at radius 2 is 0.746 bits per heavy atom. The van der Waals surface area contributed by atoms with E-state index in [1.54, 1.807) is 6.08 Å². The summed E-state index contributed by atoms with van der Waals surface area (Å²) in [6.07, 6.45) is 64.5. The van der Waals surface area contributed by atoms with Crippen molar-refractivity contribution >= 4 is 11.9 Å². The third-order valence-corrected chi connectivity index (χ3v) is 12.6. The largest absolute Gasteiger partial charge is 0.466 e. The van der Waals surface area contributed by atoms with Crippen LogP contribution in [0.3, 0.4) is 0 Å². The van der Waals surface area contributed by atoms with Crippen LogP contribution in [0.1, 0.15) is 290 Å².